The van der Waals surface area contributed by atoms with Gasteiger partial charge in [0.1, 0.15) is 6.61 Å². The van der Waals surface area contributed by atoms with Crippen LogP contribution >= 0.6 is 0 Å². The average Bonchev–Trinajstić information content (AvgIpc) is 3.17. The van der Waals surface area contributed by atoms with E-state index < -0.39 is 42.5 Å². The molecular weight excluding hydrogens is 512 g/mol. The van der Waals surface area contributed by atoms with Crippen LogP contribution in [0.1, 0.15) is 55.4 Å². The Morgan fingerprint density at radius 1 is 1.29 bits per heavy atom. The number of methoxy groups -OCH3 is 1. The molecule has 0 spiro atoms. The van der Waals surface area contributed by atoms with Crippen molar-refractivity contribution in [3.63, 3.8) is 0 Å². The van der Waals surface area contributed by atoms with Crippen LogP contribution in [0.4, 0.5) is 27.2 Å². The van der Waals surface area contributed by atoms with Gasteiger partial charge in [0.05, 0.1) is 42.7 Å². The molecule has 2 aromatic heterocycles. The SMILES string of the molecule is COCC(c1cnn2cc(C(NC(=O)OCC3CC3(F)F)C3CCC(F)(F)CC3)nc2c1)N1CCNC1=O. The summed E-state index contributed by atoms with van der Waals surface area (Å²) >= 11 is 0. The summed E-state index contributed by atoms with van der Waals surface area (Å²) in [5.41, 5.74) is 1.51. The van der Waals surface area contributed by atoms with Crippen LogP contribution < -0.4 is 10.6 Å². The number of nitrogens with zero attached hydrogens (tertiary/aromatic N) is 4. The summed E-state index contributed by atoms with van der Waals surface area (Å²) in [6.45, 7) is 0.843. The van der Waals surface area contributed by atoms with Crippen molar-refractivity contribution in [3.8, 4) is 0 Å². The Labute approximate surface area is 216 Å². The zero-order valence-electron chi connectivity index (χ0n) is 20.8. The van der Waals surface area contributed by atoms with Gasteiger partial charge in [0.2, 0.25) is 5.92 Å². The predicted molar refractivity (Wildman–Crippen MR) is 125 cm³/mol. The Balaban J connectivity index is 1.37. The first-order valence-corrected chi connectivity index (χ1v) is 12.6. The Morgan fingerprint density at radius 2 is 2.03 bits per heavy atom. The van der Waals surface area contributed by atoms with Crippen molar-refractivity contribution in [2.45, 2.75) is 56.0 Å². The van der Waals surface area contributed by atoms with E-state index in [1.54, 1.807) is 23.4 Å². The molecule has 3 amide bonds. The number of alkyl halides is 4. The topological polar surface area (TPSA) is 110 Å². The molecule has 2 aliphatic carbocycles. The number of rotatable bonds is 9. The van der Waals surface area contributed by atoms with Gasteiger partial charge in [-0.2, -0.15) is 5.10 Å². The minimum atomic E-state index is -2.82. The summed E-state index contributed by atoms with van der Waals surface area (Å²) in [6.07, 6.45) is 1.60. The molecule has 3 aliphatic rings. The maximum atomic E-state index is 13.8. The normalized spacial score (nSPS) is 24.2. The summed E-state index contributed by atoms with van der Waals surface area (Å²) in [6, 6.07) is 0.371. The third kappa shape index (κ3) is 5.64. The number of hydrogen-bond donors (Lipinski definition) is 2. The number of ether oxygens (including phenoxy) is 2. The van der Waals surface area contributed by atoms with E-state index in [-0.39, 0.29) is 50.7 Å². The second-order valence-electron chi connectivity index (χ2n) is 10.2. The smallest absolute Gasteiger partial charge is 0.407 e. The van der Waals surface area contributed by atoms with Crippen molar-refractivity contribution in [2.75, 3.05) is 33.4 Å². The minimum Gasteiger partial charge on any atom is -0.449 e. The molecule has 3 heterocycles. The van der Waals surface area contributed by atoms with E-state index in [0.29, 0.717) is 30.0 Å². The molecule has 3 unspecified atom stereocenters. The number of carbonyl (C=O) groups is 2. The number of aromatic nitrogens is 3. The van der Waals surface area contributed by atoms with Gasteiger partial charge >= 0.3 is 12.1 Å². The van der Waals surface area contributed by atoms with Gasteiger partial charge < -0.3 is 25.0 Å². The molecule has 2 N–H and O–H groups in total. The first-order chi connectivity index (χ1) is 18.1. The fourth-order valence-electron chi connectivity index (χ4n) is 5.17. The molecule has 0 radical (unpaired) electrons. The first kappa shape index (κ1) is 26.4. The number of amides is 3. The van der Waals surface area contributed by atoms with Crippen LogP contribution in [-0.4, -0.2) is 76.9 Å². The van der Waals surface area contributed by atoms with Crippen LogP contribution in [0.25, 0.3) is 5.65 Å². The maximum absolute atomic E-state index is 13.8. The molecule has 3 atom stereocenters. The number of carbonyl (C=O) groups excluding carboxylic acids is 2. The molecular formula is C24H30F4N6O4. The second kappa shape index (κ2) is 10.2. The van der Waals surface area contributed by atoms with Gasteiger partial charge in [-0.15, -0.1) is 0 Å². The number of nitrogens with one attached hydrogen (secondary N) is 2. The number of urea groups is 1. The standard InChI is InChI=1S/C24H30F4N6O4/c1-37-13-18(33-7-6-29-21(33)35)15-8-19-31-17(11-34(19)30-10-15)20(14-2-4-23(25,26)5-3-14)32-22(36)38-12-16-9-24(16,27)28/h8,10-11,14,16,18,20H,2-7,9,12-13H2,1H3,(H,29,35)(H,32,36). The Hall–Kier alpha value is -3.16. The Bertz CT molecular complexity index is 1180. The van der Waals surface area contributed by atoms with E-state index in [9.17, 15) is 27.2 Å². The van der Waals surface area contributed by atoms with Crippen molar-refractivity contribution in [1.29, 1.82) is 0 Å². The predicted octanol–water partition coefficient (Wildman–Crippen LogP) is 3.69. The Morgan fingerprint density at radius 3 is 2.66 bits per heavy atom. The second-order valence-corrected chi connectivity index (χ2v) is 10.2. The molecule has 1 aliphatic heterocycles. The van der Waals surface area contributed by atoms with Gasteiger partial charge in [-0.3, -0.25) is 0 Å². The van der Waals surface area contributed by atoms with E-state index >= 15 is 0 Å². The van der Waals surface area contributed by atoms with Crippen molar-refractivity contribution >= 4 is 17.8 Å². The molecule has 0 bridgehead atoms. The van der Waals surface area contributed by atoms with Gasteiger partial charge in [-0.25, -0.2) is 36.7 Å². The average molecular weight is 543 g/mol. The zero-order valence-corrected chi connectivity index (χ0v) is 20.8. The van der Waals surface area contributed by atoms with Gasteiger partial charge in [0.25, 0.3) is 5.92 Å². The lowest BCUT2D eigenvalue weighted by Gasteiger charge is -2.33. The highest BCUT2D eigenvalue weighted by atomic mass is 19.3. The van der Waals surface area contributed by atoms with Gasteiger partial charge in [-0.1, -0.05) is 0 Å². The van der Waals surface area contributed by atoms with Crippen molar-refractivity contribution in [2.24, 2.45) is 11.8 Å². The lowest BCUT2D eigenvalue weighted by molar-refractivity contribution is -0.0497. The van der Waals surface area contributed by atoms with Crippen LogP contribution in [0.15, 0.2) is 18.5 Å². The van der Waals surface area contributed by atoms with Gasteiger partial charge in [-0.05, 0) is 24.8 Å². The molecule has 2 aromatic rings. The lowest BCUT2D eigenvalue weighted by atomic mass is 9.81. The zero-order chi connectivity index (χ0) is 27.1. The van der Waals surface area contributed by atoms with Crippen LogP contribution in [0, 0.1) is 11.8 Å². The summed E-state index contributed by atoms with van der Waals surface area (Å²) in [7, 11) is 1.54. The lowest BCUT2D eigenvalue weighted by Crippen LogP contribution is -2.38. The molecule has 38 heavy (non-hydrogen) atoms. The van der Waals surface area contributed by atoms with Gasteiger partial charge in [0.15, 0.2) is 5.65 Å². The van der Waals surface area contributed by atoms with E-state index in [4.69, 9.17) is 9.47 Å². The fraction of sp³-hybridized carbons (Fsp3) is 0.667. The number of halogens is 4. The number of imidazole rings is 1. The summed E-state index contributed by atoms with van der Waals surface area (Å²) in [5, 5.41) is 9.85. The largest absolute Gasteiger partial charge is 0.449 e. The summed E-state index contributed by atoms with van der Waals surface area (Å²) in [4.78, 5) is 31.0. The maximum Gasteiger partial charge on any atom is 0.407 e. The number of fused-ring (bicyclic) bond motifs is 1. The van der Waals surface area contributed by atoms with E-state index in [1.807, 2.05) is 0 Å². The highest BCUT2D eigenvalue weighted by Crippen LogP contribution is 2.48. The summed E-state index contributed by atoms with van der Waals surface area (Å²) in [5.74, 6) is -6.96. The molecule has 10 nitrogen and oxygen atoms in total. The van der Waals surface area contributed by atoms with Crippen molar-refractivity contribution in [3.05, 3.63) is 29.7 Å². The quantitative estimate of drug-likeness (QED) is 0.468. The van der Waals surface area contributed by atoms with Gasteiger partial charge in [0, 0.05) is 45.0 Å². The van der Waals surface area contributed by atoms with E-state index in [2.05, 4.69) is 20.7 Å². The van der Waals surface area contributed by atoms with Crippen LogP contribution in [-0.2, 0) is 9.47 Å². The minimum absolute atomic E-state index is 0.144. The molecule has 3 fully saturated rings. The highest BCUT2D eigenvalue weighted by Gasteiger charge is 2.57. The van der Waals surface area contributed by atoms with E-state index in [1.165, 1.54) is 11.6 Å². The van der Waals surface area contributed by atoms with Crippen LogP contribution in [0.2, 0.25) is 0 Å². The molecule has 2 saturated carbocycles. The summed E-state index contributed by atoms with van der Waals surface area (Å²) < 4.78 is 65.9. The Kier molecular flexibility index (Phi) is 7.09. The number of alkyl carbamates (subject to hydrolysis) is 1. The molecule has 1 saturated heterocycles. The molecule has 14 heteroatoms. The molecule has 5 rings (SSSR count). The molecule has 208 valence electrons. The third-order valence-electron chi connectivity index (χ3n) is 7.53. The van der Waals surface area contributed by atoms with E-state index in [0.717, 1.165) is 0 Å². The highest BCUT2D eigenvalue weighted by molar-refractivity contribution is 5.76. The van der Waals surface area contributed by atoms with Crippen molar-refractivity contribution < 1.29 is 36.6 Å². The van der Waals surface area contributed by atoms with Crippen molar-refractivity contribution in [1.82, 2.24) is 30.1 Å². The van der Waals surface area contributed by atoms with Crippen LogP contribution in [0.5, 0.6) is 0 Å². The number of hydrogen-bond acceptors (Lipinski definition) is 6. The monoisotopic (exact) mass is 542 g/mol. The third-order valence-corrected chi connectivity index (χ3v) is 7.53. The first-order valence-electron chi connectivity index (χ1n) is 12.6. The fourth-order valence-corrected chi connectivity index (χ4v) is 5.17. The molecule has 0 aromatic carbocycles. The van der Waals surface area contributed by atoms with Crippen LogP contribution in [0.3, 0.4) is 0 Å².